The van der Waals surface area contributed by atoms with E-state index in [4.69, 9.17) is 23.2 Å². The van der Waals surface area contributed by atoms with Gasteiger partial charge >= 0.3 is 0 Å². The van der Waals surface area contributed by atoms with Gasteiger partial charge in [-0.05, 0) is 67.8 Å². The predicted molar refractivity (Wildman–Crippen MR) is 100 cm³/mol. The number of benzene rings is 2. The van der Waals surface area contributed by atoms with Gasteiger partial charge in [-0.25, -0.2) is 0 Å². The van der Waals surface area contributed by atoms with Gasteiger partial charge in [0.2, 0.25) is 0 Å². The van der Waals surface area contributed by atoms with Gasteiger partial charge in [0.05, 0.1) is 30.4 Å². The highest BCUT2D eigenvalue weighted by Crippen LogP contribution is 2.37. The van der Waals surface area contributed by atoms with Gasteiger partial charge in [-0.2, -0.15) is 0 Å². The van der Waals surface area contributed by atoms with E-state index in [2.05, 4.69) is 42.5 Å². The topological polar surface area (TPSA) is 61.4 Å². The number of hydrogen-bond donors (Lipinski definition) is 3. The third kappa shape index (κ3) is 3.35. The Kier molecular flexibility index (Phi) is 4.60. The molecule has 2 aromatic rings. The van der Waals surface area contributed by atoms with Crippen LogP contribution in [-0.2, 0) is 4.79 Å². The van der Waals surface area contributed by atoms with Crippen LogP contribution in [0.25, 0.3) is 6.08 Å². The zero-order chi connectivity index (χ0) is 16.7. The Balaban J connectivity index is 2.01. The summed E-state index contributed by atoms with van der Waals surface area (Å²) in [5.41, 5.74) is 2.29. The number of rotatable bonds is 1. The van der Waals surface area contributed by atoms with Crippen molar-refractivity contribution in [1.82, 2.24) is 0 Å². The second-order valence-electron chi connectivity index (χ2n) is 4.78. The van der Waals surface area contributed by atoms with E-state index >= 15 is 0 Å². The number of halogens is 4. The van der Waals surface area contributed by atoms with Crippen LogP contribution in [0.5, 0.6) is 5.75 Å². The fourth-order valence-electron chi connectivity index (χ4n) is 2.08. The van der Waals surface area contributed by atoms with Crippen LogP contribution in [0.1, 0.15) is 5.56 Å². The first-order valence-electron chi connectivity index (χ1n) is 6.32. The maximum absolute atomic E-state index is 12.2. The van der Waals surface area contributed by atoms with Crippen LogP contribution >= 0.6 is 55.1 Å². The number of phenols is 1. The minimum Gasteiger partial charge on any atom is -0.506 e. The Morgan fingerprint density at radius 3 is 2.04 bits per heavy atom. The molecule has 0 saturated carbocycles. The predicted octanol–water partition coefficient (Wildman–Crippen LogP) is 5.63. The van der Waals surface area contributed by atoms with Crippen molar-refractivity contribution in [3.05, 3.63) is 54.5 Å². The van der Waals surface area contributed by atoms with Gasteiger partial charge < -0.3 is 15.7 Å². The molecule has 0 unspecified atom stereocenters. The zero-order valence-electron chi connectivity index (χ0n) is 11.3. The first kappa shape index (κ1) is 16.6. The van der Waals surface area contributed by atoms with Crippen LogP contribution in [-0.4, -0.2) is 11.0 Å². The van der Waals surface area contributed by atoms with Crippen LogP contribution in [0.3, 0.4) is 0 Å². The number of anilines is 2. The fraction of sp³-hybridized carbons (Fsp3) is 0. The molecule has 23 heavy (non-hydrogen) atoms. The Hall–Kier alpha value is -1.21. The number of aromatic hydroxyl groups is 1. The molecule has 3 N–H and O–H groups in total. The largest absolute Gasteiger partial charge is 0.506 e. The molecule has 1 aliphatic heterocycles. The molecule has 118 valence electrons. The van der Waals surface area contributed by atoms with Crippen molar-refractivity contribution in [2.45, 2.75) is 0 Å². The summed E-state index contributed by atoms with van der Waals surface area (Å²) in [5.74, 6) is -0.198. The quantitative estimate of drug-likeness (QED) is 0.465. The van der Waals surface area contributed by atoms with Crippen molar-refractivity contribution in [3.63, 3.8) is 0 Å². The maximum atomic E-state index is 12.2. The normalized spacial score (nSPS) is 15.1. The molecule has 1 amide bonds. The number of amides is 1. The molecule has 8 heteroatoms. The number of carbonyl (C=O) groups excluding carboxylic acids is 1. The Morgan fingerprint density at radius 1 is 0.957 bits per heavy atom. The number of nitrogens with one attached hydrogen (secondary N) is 2. The van der Waals surface area contributed by atoms with Crippen molar-refractivity contribution in [2.75, 3.05) is 10.6 Å². The molecule has 0 radical (unpaired) electrons. The van der Waals surface area contributed by atoms with Crippen LogP contribution in [0.15, 0.2) is 38.9 Å². The molecule has 0 aliphatic carbocycles. The van der Waals surface area contributed by atoms with E-state index in [-0.39, 0.29) is 11.7 Å². The number of phenolic OH excluding ortho intramolecular Hbond substituents is 1. The summed E-state index contributed by atoms with van der Waals surface area (Å²) in [6, 6.07) is 6.64. The number of carbonyl (C=O) groups is 1. The summed E-state index contributed by atoms with van der Waals surface area (Å²) in [6.07, 6.45) is 1.66. The Labute approximate surface area is 158 Å². The average Bonchev–Trinajstić information content (AvgIpc) is 2.48. The second kappa shape index (κ2) is 6.36. The first-order valence-corrected chi connectivity index (χ1v) is 8.66. The van der Waals surface area contributed by atoms with E-state index in [9.17, 15) is 9.90 Å². The highest BCUT2D eigenvalue weighted by Gasteiger charge is 2.21. The minimum absolute atomic E-state index is 0.0972. The third-order valence-electron chi connectivity index (χ3n) is 3.17. The molecule has 0 atom stereocenters. The summed E-state index contributed by atoms with van der Waals surface area (Å²) in [4.78, 5) is 12.2. The molecule has 0 saturated heterocycles. The van der Waals surface area contributed by atoms with E-state index in [1.807, 2.05) is 0 Å². The van der Waals surface area contributed by atoms with Crippen LogP contribution in [0.4, 0.5) is 11.4 Å². The van der Waals surface area contributed by atoms with Crippen LogP contribution in [0.2, 0.25) is 10.0 Å². The lowest BCUT2D eigenvalue weighted by molar-refractivity contribution is -0.112. The van der Waals surface area contributed by atoms with Gasteiger partial charge in [0.1, 0.15) is 11.4 Å². The molecular formula is C15H8Br2Cl2N2O2. The highest BCUT2D eigenvalue weighted by molar-refractivity contribution is 9.11. The lowest BCUT2D eigenvalue weighted by Crippen LogP contribution is -2.25. The molecule has 1 heterocycles. The molecule has 2 aromatic carbocycles. The lowest BCUT2D eigenvalue weighted by Gasteiger charge is -2.22. The van der Waals surface area contributed by atoms with E-state index in [1.54, 1.807) is 30.3 Å². The summed E-state index contributed by atoms with van der Waals surface area (Å²) in [7, 11) is 0. The first-order chi connectivity index (χ1) is 10.8. The second-order valence-corrected chi connectivity index (χ2v) is 7.31. The molecule has 1 aliphatic rings. The zero-order valence-corrected chi connectivity index (χ0v) is 15.9. The van der Waals surface area contributed by atoms with Crippen molar-refractivity contribution in [1.29, 1.82) is 0 Å². The third-order valence-corrected chi connectivity index (χ3v) is 5.10. The van der Waals surface area contributed by atoms with Gasteiger partial charge in [0.25, 0.3) is 5.91 Å². The highest BCUT2D eigenvalue weighted by atomic mass is 79.9. The summed E-state index contributed by atoms with van der Waals surface area (Å²) in [5, 5.41) is 16.3. The number of fused-ring (bicyclic) bond motifs is 1. The molecule has 0 spiro atoms. The monoisotopic (exact) mass is 476 g/mol. The summed E-state index contributed by atoms with van der Waals surface area (Å²) < 4.78 is 1.04. The molecule has 3 rings (SSSR count). The van der Waals surface area contributed by atoms with Gasteiger partial charge in [0, 0.05) is 0 Å². The van der Waals surface area contributed by atoms with E-state index in [0.29, 0.717) is 36.1 Å². The van der Waals surface area contributed by atoms with Crippen LogP contribution in [0, 0.1) is 0 Å². The van der Waals surface area contributed by atoms with E-state index in [1.165, 1.54) is 0 Å². The lowest BCUT2D eigenvalue weighted by atomic mass is 10.1. The average molecular weight is 479 g/mol. The van der Waals surface area contributed by atoms with Crippen molar-refractivity contribution < 1.29 is 9.90 Å². The molecule has 0 fully saturated rings. The molecule has 0 aromatic heterocycles. The van der Waals surface area contributed by atoms with Gasteiger partial charge in [-0.15, -0.1) is 0 Å². The van der Waals surface area contributed by atoms with Crippen molar-refractivity contribution in [3.8, 4) is 5.75 Å². The van der Waals surface area contributed by atoms with Crippen LogP contribution < -0.4 is 10.6 Å². The smallest absolute Gasteiger partial charge is 0.272 e. The van der Waals surface area contributed by atoms with E-state index in [0.717, 1.165) is 5.56 Å². The maximum Gasteiger partial charge on any atom is 0.272 e. The van der Waals surface area contributed by atoms with Gasteiger partial charge in [0.15, 0.2) is 0 Å². The Bertz CT molecular complexity index is 846. The van der Waals surface area contributed by atoms with Crippen molar-refractivity contribution >= 4 is 78.4 Å². The molecule has 4 nitrogen and oxygen atoms in total. The molecular weight excluding hydrogens is 471 g/mol. The Morgan fingerprint density at radius 2 is 1.48 bits per heavy atom. The van der Waals surface area contributed by atoms with Gasteiger partial charge in [-0.1, -0.05) is 23.2 Å². The minimum atomic E-state index is -0.295. The summed E-state index contributed by atoms with van der Waals surface area (Å²) in [6.45, 7) is 0. The molecule has 0 bridgehead atoms. The number of hydrogen-bond acceptors (Lipinski definition) is 3. The van der Waals surface area contributed by atoms with Gasteiger partial charge in [-0.3, -0.25) is 4.79 Å². The standard InChI is InChI=1S/C15H8Br2Cl2N2O2/c16-7-1-6(2-8(17)14(7)22)3-13-15(23)21-12-5-10(19)9(18)4-11(12)20-13/h1-5,20,22H,(H,21,23)/b13-3-. The SMILES string of the molecule is O=C1Nc2cc(Cl)c(Cl)cc2N/C1=C\c1cc(Br)c(O)c(Br)c1. The van der Waals surface area contributed by atoms with E-state index < -0.39 is 0 Å². The fourth-order valence-corrected chi connectivity index (χ4v) is 3.63. The van der Waals surface area contributed by atoms with Crippen molar-refractivity contribution in [2.24, 2.45) is 0 Å². The summed E-state index contributed by atoms with van der Waals surface area (Å²) >= 11 is 18.5.